The van der Waals surface area contributed by atoms with E-state index in [9.17, 15) is 40.2 Å². The van der Waals surface area contributed by atoms with Crippen molar-refractivity contribution in [2.24, 2.45) is 5.92 Å². The molecule has 0 aliphatic carbocycles. The van der Waals surface area contributed by atoms with E-state index in [4.69, 9.17) is 44.3 Å². The Morgan fingerprint density at radius 1 is 0.370 bits per heavy atom. The molecule has 0 aliphatic heterocycles. The lowest BCUT2D eigenvalue weighted by Gasteiger charge is -2.13. The van der Waals surface area contributed by atoms with E-state index in [2.05, 4.69) is 81.6 Å². The van der Waals surface area contributed by atoms with E-state index >= 15 is 0 Å². The lowest BCUT2D eigenvalue weighted by molar-refractivity contribution is 0.147. The number of terminal acetylenes is 1. The third kappa shape index (κ3) is 24.1. The molecule has 24 heteroatoms. The second-order valence-corrected chi connectivity index (χ2v) is 30.7. The maximum absolute atomic E-state index is 12.3. The zero-order valence-corrected chi connectivity index (χ0v) is 74.4. The van der Waals surface area contributed by atoms with Gasteiger partial charge in [0.05, 0.1) is 98.1 Å². The van der Waals surface area contributed by atoms with E-state index in [1.807, 2.05) is 273 Å². The molecule has 0 fully saturated rings. The molecule has 4 amide bonds. The van der Waals surface area contributed by atoms with E-state index in [0.29, 0.717) is 84.2 Å². The molecule has 0 radical (unpaired) electrons. The van der Waals surface area contributed by atoms with Gasteiger partial charge in [-0.1, -0.05) is 98.6 Å². The minimum absolute atomic E-state index is 0.0332. The van der Waals surface area contributed by atoms with Crippen LogP contribution in [0.4, 0.5) is 41.9 Å². The Morgan fingerprint density at radius 3 is 0.945 bits per heavy atom. The summed E-state index contributed by atoms with van der Waals surface area (Å²) in [7, 11) is 0. The fraction of sp³-hybridized carbons (Fsp3) is 0.282. The quantitative estimate of drug-likeness (QED) is 0.0211. The molecule has 0 saturated heterocycles. The van der Waals surface area contributed by atoms with Gasteiger partial charge >= 0.3 is 24.4 Å². The number of amides is 4. The SMILES string of the molecule is C#CCCOC(=O)Nc1cccc(-c2c(C#N)c3ccc(OC(C)C)cc3n2CC)c1.CC#CCOC(=O)Nc1cccc(-c2c(C#N)c3ccc(OC(C)C)cc3n2CC)c1.CCn1c(-c2cccc(NC(=O)OCC(C)C)c2)c(C#N)c2ccc(OC(C)C)cc21.CCn1c(-c2cccc(NC(=O)OCc3ccccc3)c2)c(C#N)c2ccc(OC(C)C)cc21. The van der Waals surface area contributed by atoms with Crippen LogP contribution in [-0.4, -0.2) is 86.9 Å². The van der Waals surface area contributed by atoms with E-state index in [0.717, 1.165) is 117 Å². The summed E-state index contributed by atoms with van der Waals surface area (Å²) in [5.74, 6) is 11.1. The molecule has 0 spiro atoms. The highest BCUT2D eigenvalue weighted by Gasteiger charge is 2.26. The van der Waals surface area contributed by atoms with Gasteiger partial charge in [0, 0.05) is 123 Å². The van der Waals surface area contributed by atoms with Crippen LogP contribution in [0.15, 0.2) is 200 Å². The van der Waals surface area contributed by atoms with Crippen LogP contribution in [0.2, 0.25) is 0 Å². The molecule has 0 aliphatic rings. The fourth-order valence-electron chi connectivity index (χ4n) is 14.6. The molecule has 4 heterocycles. The number of aryl methyl sites for hydroxylation is 4. The minimum Gasteiger partial charge on any atom is -0.491 e. The van der Waals surface area contributed by atoms with Crippen LogP contribution in [0.3, 0.4) is 0 Å². The highest BCUT2D eigenvalue weighted by molar-refractivity contribution is 6.00. The molecule has 650 valence electrons. The van der Waals surface area contributed by atoms with Gasteiger partial charge in [0.15, 0.2) is 6.61 Å². The summed E-state index contributed by atoms with van der Waals surface area (Å²) < 4.78 is 52.4. The Hall–Kier alpha value is -15.5. The number of benzene rings is 9. The molecule has 127 heavy (non-hydrogen) atoms. The molecule has 9 aromatic carbocycles. The standard InChI is InChI=1S/C28H27N3O3.C25H29N3O3.2C25H25N3O3/c1-4-31-26-16-23(34-19(2)3)13-14-24(26)25(17-29)27(31)21-11-8-12-22(15-21)30-28(32)33-18-20-9-6-5-7-10-20;1-6-28-23-13-20(31-17(4)5)10-11-21(23)22(14-26)24(28)18-8-7-9-19(12-18)27-25(29)30-15-16(2)3;2*1-5-7-13-30-25(29)27-19-10-8-9-18(14-19)24-22(16-26)21-12-11-20(31-17(3)4)15-23(21)28(24)6-2/h5-16,19H,4,18H2,1-3H3,(H,30,32);7-13,16-17H,6,15H2,1-5H3,(H,27,29);8-12,14-15,17H,6,13H2,1-4H3,(H,27,29);1,8-12,14-15,17H,6-7,13H2,2-4H3,(H,27,29). The van der Waals surface area contributed by atoms with E-state index < -0.39 is 24.4 Å². The largest absolute Gasteiger partial charge is 0.491 e. The molecular formula is C103H106N12O12. The summed E-state index contributed by atoms with van der Waals surface area (Å²) in [6, 6.07) is 71.8. The molecule has 0 saturated carbocycles. The van der Waals surface area contributed by atoms with Gasteiger partial charge in [0.1, 0.15) is 60.5 Å². The van der Waals surface area contributed by atoms with Gasteiger partial charge in [-0.2, -0.15) is 21.0 Å². The van der Waals surface area contributed by atoms with Crippen LogP contribution in [0.1, 0.15) is 138 Å². The monoisotopic (exact) mass is 1700 g/mol. The summed E-state index contributed by atoms with van der Waals surface area (Å²) in [6.45, 7) is 33.1. The number of nitriles is 4. The summed E-state index contributed by atoms with van der Waals surface area (Å²) in [5.41, 5.74) is 16.0. The van der Waals surface area contributed by atoms with Crippen molar-refractivity contribution in [3.8, 4) is 116 Å². The number of hydrogen-bond donors (Lipinski definition) is 4. The Kier molecular flexibility index (Phi) is 33.3. The van der Waals surface area contributed by atoms with Crippen LogP contribution < -0.4 is 40.2 Å². The second-order valence-electron chi connectivity index (χ2n) is 30.7. The fourth-order valence-corrected chi connectivity index (χ4v) is 14.6. The average molecular weight is 1700 g/mol. The molecule has 13 aromatic rings. The number of aromatic nitrogens is 4. The molecule has 4 aromatic heterocycles. The van der Waals surface area contributed by atoms with Crippen LogP contribution in [-0.2, 0) is 51.7 Å². The Bertz CT molecular complexity index is 6400. The number of hydrogen-bond acceptors (Lipinski definition) is 16. The Labute approximate surface area is 742 Å². The van der Waals surface area contributed by atoms with Gasteiger partial charge < -0.3 is 56.2 Å². The molecule has 13 rings (SSSR count). The number of rotatable bonds is 27. The molecule has 24 nitrogen and oxygen atoms in total. The maximum atomic E-state index is 12.3. The summed E-state index contributed by atoms with van der Waals surface area (Å²) in [5, 5.41) is 54.3. The number of carbonyl (C=O) groups excluding carboxylic acids is 4. The lowest BCUT2D eigenvalue weighted by Crippen LogP contribution is -2.16. The number of carbonyl (C=O) groups is 4. The number of anilines is 4. The topological polar surface area (TPSA) is 305 Å². The van der Waals surface area contributed by atoms with Gasteiger partial charge in [-0.25, -0.2) is 19.2 Å². The minimum atomic E-state index is -0.577. The van der Waals surface area contributed by atoms with Crippen molar-refractivity contribution >= 4 is 90.7 Å². The van der Waals surface area contributed by atoms with Crippen LogP contribution in [0, 0.1) is 75.4 Å². The van der Waals surface area contributed by atoms with E-state index in [1.54, 1.807) is 31.2 Å². The maximum Gasteiger partial charge on any atom is 0.412 e. The third-order valence-corrected chi connectivity index (χ3v) is 19.6. The van der Waals surface area contributed by atoms with Crippen LogP contribution >= 0.6 is 0 Å². The normalized spacial score (nSPS) is 10.7. The van der Waals surface area contributed by atoms with Gasteiger partial charge in [-0.05, 0) is 199 Å². The molecule has 0 unspecified atom stereocenters. The van der Waals surface area contributed by atoms with Crippen LogP contribution in [0.25, 0.3) is 88.6 Å². The zero-order valence-electron chi connectivity index (χ0n) is 74.4. The predicted molar refractivity (Wildman–Crippen MR) is 501 cm³/mol. The Morgan fingerprint density at radius 2 is 0.669 bits per heavy atom. The second kappa shape index (κ2) is 45.0. The number of nitrogens with zero attached hydrogens (tertiary/aromatic N) is 8. The number of ether oxygens (including phenoxy) is 8. The molecule has 4 N–H and O–H groups in total. The van der Waals surface area contributed by atoms with Crippen molar-refractivity contribution in [1.82, 2.24) is 18.3 Å². The van der Waals surface area contributed by atoms with Crippen molar-refractivity contribution in [2.75, 3.05) is 41.1 Å². The highest BCUT2D eigenvalue weighted by atomic mass is 16.6. The van der Waals surface area contributed by atoms with Gasteiger partial charge in [0.2, 0.25) is 0 Å². The first-order valence-corrected chi connectivity index (χ1v) is 42.3. The van der Waals surface area contributed by atoms with Crippen molar-refractivity contribution in [1.29, 1.82) is 21.0 Å². The number of nitrogens with one attached hydrogen (secondary N) is 4. The zero-order chi connectivity index (χ0) is 91.4. The van der Waals surface area contributed by atoms with Crippen LogP contribution in [0.5, 0.6) is 23.0 Å². The number of fused-ring (bicyclic) bond motifs is 4. The van der Waals surface area contributed by atoms with Gasteiger partial charge in [-0.3, -0.25) is 21.3 Å². The smallest absolute Gasteiger partial charge is 0.412 e. The van der Waals surface area contributed by atoms with E-state index in [-0.39, 0.29) is 50.2 Å². The lowest BCUT2D eigenvalue weighted by atomic mass is 10.1. The first kappa shape index (κ1) is 93.8. The highest BCUT2D eigenvalue weighted by Crippen LogP contribution is 2.42. The van der Waals surface area contributed by atoms with Gasteiger partial charge in [-0.15, -0.1) is 18.3 Å². The van der Waals surface area contributed by atoms with Crippen molar-refractivity contribution < 1.29 is 57.1 Å². The van der Waals surface area contributed by atoms with Crippen molar-refractivity contribution in [3.05, 3.63) is 228 Å². The third-order valence-electron chi connectivity index (χ3n) is 19.6. The summed E-state index contributed by atoms with van der Waals surface area (Å²) >= 11 is 0. The average Bonchev–Trinajstić information content (AvgIpc) is 1.62. The van der Waals surface area contributed by atoms with Gasteiger partial charge in [0.25, 0.3) is 0 Å². The van der Waals surface area contributed by atoms with Crippen molar-refractivity contribution in [3.63, 3.8) is 0 Å². The molecule has 0 atom stereocenters. The molecule has 0 bridgehead atoms. The van der Waals surface area contributed by atoms with E-state index in [1.165, 1.54) is 0 Å². The summed E-state index contributed by atoms with van der Waals surface area (Å²) in [6.07, 6.45) is 3.60. The van der Waals surface area contributed by atoms with Crippen molar-refractivity contribution in [2.45, 2.75) is 167 Å². The Balaban J connectivity index is 0.000000177. The first-order chi connectivity index (χ1) is 61.3. The summed E-state index contributed by atoms with van der Waals surface area (Å²) in [4.78, 5) is 48.4. The predicted octanol–water partition coefficient (Wildman–Crippen LogP) is 24.0. The first-order valence-electron chi connectivity index (χ1n) is 42.3. The molecular weight excluding hydrogens is 1600 g/mol.